The Morgan fingerprint density at radius 3 is 2.73 bits per heavy atom. The second kappa shape index (κ2) is 6.24. The highest BCUT2D eigenvalue weighted by Gasteiger charge is 2.46. The lowest BCUT2D eigenvalue weighted by Gasteiger charge is -2.50. The maximum absolute atomic E-state index is 12.9. The van der Waals surface area contributed by atoms with Crippen molar-refractivity contribution < 1.29 is 9.59 Å². The lowest BCUT2D eigenvalue weighted by molar-refractivity contribution is -0.138. The lowest BCUT2D eigenvalue weighted by Crippen LogP contribution is -2.56. The van der Waals surface area contributed by atoms with Gasteiger partial charge < -0.3 is 4.90 Å². The van der Waals surface area contributed by atoms with E-state index in [-0.39, 0.29) is 23.1 Å². The summed E-state index contributed by atoms with van der Waals surface area (Å²) < 4.78 is 0. The maximum atomic E-state index is 12.9. The molecule has 4 rings (SSSR count). The molecule has 134 valence electrons. The number of piperidine rings is 1. The molecule has 3 nitrogen and oxygen atoms in total. The standard InChI is InChI=1S/C22H22ClNO2/c1-22-12-11-20(25)24(2)19(22)10-8-14-13-15(7-9-17(14)22)21(26)16-5-3-4-6-18(16)23/h3-7,9,13,19H,8,10-12H2,1-2H3/t19-,22-/m1/s1. The van der Waals surface area contributed by atoms with E-state index in [1.54, 1.807) is 12.1 Å². The maximum Gasteiger partial charge on any atom is 0.222 e. The molecule has 0 aromatic heterocycles. The Labute approximate surface area is 159 Å². The monoisotopic (exact) mass is 367 g/mol. The van der Waals surface area contributed by atoms with E-state index >= 15 is 0 Å². The largest absolute Gasteiger partial charge is 0.342 e. The average Bonchev–Trinajstić information content (AvgIpc) is 2.64. The first-order valence-electron chi connectivity index (χ1n) is 9.10. The smallest absolute Gasteiger partial charge is 0.222 e. The van der Waals surface area contributed by atoms with Gasteiger partial charge in [0.15, 0.2) is 5.78 Å². The summed E-state index contributed by atoms with van der Waals surface area (Å²) in [6.45, 7) is 2.26. The van der Waals surface area contributed by atoms with Crippen LogP contribution in [-0.4, -0.2) is 29.7 Å². The van der Waals surface area contributed by atoms with Crippen LogP contribution in [0.25, 0.3) is 0 Å². The number of likely N-dealkylation sites (tertiary alicyclic amines) is 1. The van der Waals surface area contributed by atoms with Crippen LogP contribution in [0.1, 0.15) is 53.2 Å². The molecule has 1 heterocycles. The van der Waals surface area contributed by atoms with Gasteiger partial charge in [0.2, 0.25) is 5.91 Å². The fourth-order valence-electron chi connectivity index (χ4n) is 4.73. The zero-order valence-electron chi connectivity index (χ0n) is 15.1. The fraction of sp³-hybridized carbons (Fsp3) is 0.364. The number of benzene rings is 2. The van der Waals surface area contributed by atoms with Gasteiger partial charge in [-0.15, -0.1) is 0 Å². The predicted molar refractivity (Wildman–Crippen MR) is 103 cm³/mol. The summed E-state index contributed by atoms with van der Waals surface area (Å²) in [7, 11) is 1.92. The Morgan fingerprint density at radius 1 is 1.19 bits per heavy atom. The van der Waals surface area contributed by atoms with Crippen LogP contribution in [0.4, 0.5) is 0 Å². The molecule has 1 fully saturated rings. The highest BCUT2D eigenvalue weighted by molar-refractivity contribution is 6.35. The van der Waals surface area contributed by atoms with E-state index in [1.165, 1.54) is 11.1 Å². The minimum Gasteiger partial charge on any atom is -0.342 e. The summed E-state index contributed by atoms with van der Waals surface area (Å²) in [5.41, 5.74) is 3.69. The Kier molecular flexibility index (Phi) is 4.15. The molecular formula is C22H22ClNO2. The van der Waals surface area contributed by atoms with Gasteiger partial charge in [0.25, 0.3) is 0 Å². The molecule has 2 aromatic carbocycles. The summed E-state index contributed by atoms with van der Waals surface area (Å²) in [6.07, 6.45) is 3.28. The second-order valence-corrected chi connectivity index (χ2v) is 8.06. The molecule has 1 aliphatic carbocycles. The number of fused-ring (bicyclic) bond motifs is 3. The van der Waals surface area contributed by atoms with Gasteiger partial charge in [-0.05, 0) is 48.6 Å². The van der Waals surface area contributed by atoms with Gasteiger partial charge in [-0.3, -0.25) is 9.59 Å². The van der Waals surface area contributed by atoms with Crippen LogP contribution in [0.2, 0.25) is 5.02 Å². The van der Waals surface area contributed by atoms with E-state index in [4.69, 9.17) is 11.6 Å². The number of hydrogen-bond acceptors (Lipinski definition) is 2. The summed E-state index contributed by atoms with van der Waals surface area (Å²) >= 11 is 6.20. The molecule has 2 atom stereocenters. The first-order chi connectivity index (χ1) is 12.4. The van der Waals surface area contributed by atoms with Gasteiger partial charge >= 0.3 is 0 Å². The molecule has 4 heteroatoms. The van der Waals surface area contributed by atoms with E-state index in [1.807, 2.05) is 36.2 Å². The molecule has 1 amide bonds. The second-order valence-electron chi connectivity index (χ2n) is 7.66. The van der Waals surface area contributed by atoms with Crippen molar-refractivity contribution in [2.45, 2.75) is 44.1 Å². The highest BCUT2D eigenvalue weighted by atomic mass is 35.5. The van der Waals surface area contributed by atoms with Gasteiger partial charge in [-0.2, -0.15) is 0 Å². The Hall–Kier alpha value is -2.13. The molecule has 2 aliphatic rings. The van der Waals surface area contributed by atoms with Crippen molar-refractivity contribution in [3.8, 4) is 0 Å². The van der Waals surface area contributed by atoms with Crippen LogP contribution in [0.5, 0.6) is 0 Å². The van der Waals surface area contributed by atoms with Gasteiger partial charge in [0.05, 0.1) is 5.02 Å². The lowest BCUT2D eigenvalue weighted by atomic mass is 9.63. The number of amides is 1. The molecule has 0 bridgehead atoms. The van der Waals surface area contributed by atoms with Gasteiger partial charge in [-0.1, -0.05) is 42.8 Å². The molecule has 1 aliphatic heterocycles. The van der Waals surface area contributed by atoms with Crippen molar-refractivity contribution in [2.75, 3.05) is 7.05 Å². The average molecular weight is 368 g/mol. The molecule has 0 saturated carbocycles. The third-order valence-electron chi connectivity index (χ3n) is 6.24. The van der Waals surface area contributed by atoms with E-state index < -0.39 is 0 Å². The van der Waals surface area contributed by atoms with Gasteiger partial charge in [0, 0.05) is 36.1 Å². The first-order valence-corrected chi connectivity index (χ1v) is 9.48. The SMILES string of the molecule is CN1C(=O)CC[C@]2(C)c3ccc(C(=O)c4ccccc4Cl)cc3CC[C@@H]12. The molecule has 0 N–H and O–H groups in total. The van der Waals surface area contributed by atoms with E-state index in [2.05, 4.69) is 13.0 Å². The van der Waals surface area contributed by atoms with Crippen molar-refractivity contribution in [2.24, 2.45) is 0 Å². The number of halogens is 1. The number of rotatable bonds is 2. The number of nitrogens with zero attached hydrogens (tertiary/aromatic N) is 1. The van der Waals surface area contributed by atoms with Crippen molar-refractivity contribution in [1.29, 1.82) is 0 Å². The molecule has 2 aromatic rings. The minimum absolute atomic E-state index is 0.0395. The van der Waals surface area contributed by atoms with Crippen LogP contribution >= 0.6 is 11.6 Å². The first kappa shape index (κ1) is 17.3. The van der Waals surface area contributed by atoms with Crippen LogP contribution in [0.3, 0.4) is 0 Å². The summed E-state index contributed by atoms with van der Waals surface area (Å²) in [6, 6.07) is 13.4. The number of carbonyl (C=O) groups is 2. The molecular weight excluding hydrogens is 346 g/mol. The third-order valence-corrected chi connectivity index (χ3v) is 6.57. The van der Waals surface area contributed by atoms with Crippen LogP contribution in [0.15, 0.2) is 42.5 Å². The molecule has 0 radical (unpaired) electrons. The highest BCUT2D eigenvalue weighted by Crippen LogP contribution is 2.45. The Balaban J connectivity index is 1.72. The quantitative estimate of drug-likeness (QED) is 0.738. The van der Waals surface area contributed by atoms with Gasteiger partial charge in [0.1, 0.15) is 0 Å². The van der Waals surface area contributed by atoms with Gasteiger partial charge in [-0.25, -0.2) is 0 Å². The predicted octanol–water partition coefficient (Wildman–Crippen LogP) is 4.40. The molecule has 0 unspecified atom stereocenters. The zero-order chi connectivity index (χ0) is 18.5. The summed E-state index contributed by atoms with van der Waals surface area (Å²) in [5, 5.41) is 0.481. The third kappa shape index (κ3) is 2.57. The van der Waals surface area contributed by atoms with Crippen LogP contribution in [-0.2, 0) is 16.6 Å². The van der Waals surface area contributed by atoms with Crippen molar-refractivity contribution >= 4 is 23.3 Å². The van der Waals surface area contributed by atoms with E-state index in [0.29, 0.717) is 22.6 Å². The Bertz CT molecular complexity index is 907. The normalized spacial score (nSPS) is 24.8. The molecule has 26 heavy (non-hydrogen) atoms. The van der Waals surface area contributed by atoms with Crippen LogP contribution < -0.4 is 0 Å². The van der Waals surface area contributed by atoms with Crippen molar-refractivity contribution in [3.63, 3.8) is 0 Å². The van der Waals surface area contributed by atoms with Crippen LogP contribution in [0, 0.1) is 0 Å². The van der Waals surface area contributed by atoms with Crippen molar-refractivity contribution in [1.82, 2.24) is 4.90 Å². The van der Waals surface area contributed by atoms with Crippen molar-refractivity contribution in [3.05, 3.63) is 69.7 Å². The topological polar surface area (TPSA) is 37.4 Å². The molecule has 1 saturated heterocycles. The summed E-state index contributed by atoms with van der Waals surface area (Å²) in [5.74, 6) is 0.197. The zero-order valence-corrected chi connectivity index (χ0v) is 15.8. The minimum atomic E-state index is -0.0402. The fourth-order valence-corrected chi connectivity index (χ4v) is 4.95. The number of aryl methyl sites for hydroxylation is 1. The Morgan fingerprint density at radius 2 is 1.96 bits per heavy atom. The van der Waals surface area contributed by atoms with E-state index in [9.17, 15) is 9.59 Å². The van der Waals surface area contributed by atoms with E-state index in [0.717, 1.165) is 19.3 Å². The molecule has 0 spiro atoms. The number of carbonyl (C=O) groups excluding carboxylic acids is 2. The number of ketones is 1. The summed E-state index contributed by atoms with van der Waals surface area (Å²) in [4.78, 5) is 26.9. The number of likely N-dealkylation sites (N-methyl/N-ethyl adjacent to an activating group) is 1. The number of hydrogen-bond donors (Lipinski definition) is 0.